The van der Waals surface area contributed by atoms with Crippen molar-refractivity contribution >= 4 is 11.5 Å². The summed E-state index contributed by atoms with van der Waals surface area (Å²) in [4.78, 5) is 12.0. The second-order valence-corrected chi connectivity index (χ2v) is 4.33. The maximum absolute atomic E-state index is 12.0. The lowest BCUT2D eigenvalue weighted by atomic mass is 10.0. The van der Waals surface area contributed by atoms with Crippen LogP contribution in [0, 0.1) is 0 Å². The average molecular weight is 231 g/mol. The van der Waals surface area contributed by atoms with Crippen LogP contribution in [-0.2, 0) is 4.74 Å². The first-order chi connectivity index (χ1) is 8.15. The molecule has 0 bridgehead atoms. The molecule has 0 unspecified atom stereocenters. The second-order valence-electron chi connectivity index (χ2n) is 4.33. The van der Waals surface area contributed by atoms with Gasteiger partial charge in [0, 0.05) is 12.4 Å². The number of aromatic nitrogens is 1. The smallest absolute Gasteiger partial charge is 0.340 e. The summed E-state index contributed by atoms with van der Waals surface area (Å²) in [5.74, 6) is 0.0687. The molecule has 2 aromatic heterocycles. The first-order valence-corrected chi connectivity index (χ1v) is 5.91. The monoisotopic (exact) mass is 231 g/mol. The van der Waals surface area contributed by atoms with Crippen LogP contribution in [0.15, 0.2) is 30.6 Å². The fraction of sp³-hybridized carbons (Fsp3) is 0.357. The van der Waals surface area contributed by atoms with E-state index in [1.807, 2.05) is 41.9 Å². The van der Waals surface area contributed by atoms with Crippen LogP contribution in [0.3, 0.4) is 0 Å². The molecule has 2 rings (SSSR count). The minimum Gasteiger partial charge on any atom is -0.462 e. The van der Waals surface area contributed by atoms with E-state index < -0.39 is 0 Å². The van der Waals surface area contributed by atoms with E-state index in [0.29, 0.717) is 18.1 Å². The van der Waals surface area contributed by atoms with Gasteiger partial charge in [0.15, 0.2) is 0 Å². The molecule has 0 amide bonds. The normalized spacial score (nSPS) is 11.1. The van der Waals surface area contributed by atoms with Crippen LogP contribution in [0.25, 0.3) is 5.52 Å². The van der Waals surface area contributed by atoms with Crippen molar-refractivity contribution in [2.24, 2.45) is 0 Å². The number of pyridine rings is 1. The molecule has 0 aromatic carbocycles. The lowest BCUT2D eigenvalue weighted by molar-refractivity contribution is 0.0527. The third kappa shape index (κ3) is 2.05. The van der Waals surface area contributed by atoms with Gasteiger partial charge in [0.25, 0.3) is 0 Å². The maximum Gasteiger partial charge on any atom is 0.340 e. The molecule has 2 heterocycles. The average Bonchev–Trinajstić information content (AvgIpc) is 2.68. The molecule has 0 saturated heterocycles. The highest BCUT2D eigenvalue weighted by molar-refractivity contribution is 5.99. The summed E-state index contributed by atoms with van der Waals surface area (Å²) in [7, 11) is 0. The number of hydrogen-bond acceptors (Lipinski definition) is 2. The van der Waals surface area contributed by atoms with Crippen molar-refractivity contribution in [3.8, 4) is 0 Å². The third-order valence-corrected chi connectivity index (χ3v) is 2.81. The van der Waals surface area contributed by atoms with Gasteiger partial charge in [0.2, 0.25) is 0 Å². The zero-order valence-electron chi connectivity index (χ0n) is 10.4. The molecule has 0 fully saturated rings. The summed E-state index contributed by atoms with van der Waals surface area (Å²) in [5, 5.41) is 0. The number of fused-ring (bicyclic) bond motifs is 1. The number of carbonyl (C=O) groups is 1. The molecule has 0 atom stereocenters. The van der Waals surface area contributed by atoms with E-state index >= 15 is 0 Å². The van der Waals surface area contributed by atoms with Gasteiger partial charge in [-0.15, -0.1) is 0 Å². The highest BCUT2D eigenvalue weighted by Gasteiger charge is 2.20. The number of nitrogens with zero attached hydrogens (tertiary/aromatic N) is 1. The van der Waals surface area contributed by atoms with Gasteiger partial charge in [-0.3, -0.25) is 0 Å². The summed E-state index contributed by atoms with van der Waals surface area (Å²) in [5.41, 5.74) is 2.65. The van der Waals surface area contributed by atoms with E-state index in [1.54, 1.807) is 0 Å². The molecule has 90 valence electrons. The lowest BCUT2D eigenvalue weighted by Gasteiger charge is -2.06. The Morgan fingerprint density at radius 1 is 1.41 bits per heavy atom. The van der Waals surface area contributed by atoms with Gasteiger partial charge >= 0.3 is 5.97 Å². The fourth-order valence-corrected chi connectivity index (χ4v) is 2.01. The van der Waals surface area contributed by atoms with Crippen LogP contribution in [0.2, 0.25) is 0 Å². The molecule has 0 N–H and O–H groups in total. The summed E-state index contributed by atoms with van der Waals surface area (Å²) >= 11 is 0. The van der Waals surface area contributed by atoms with Gasteiger partial charge in [-0.1, -0.05) is 19.9 Å². The minimum absolute atomic E-state index is 0.232. The molecule has 0 spiro atoms. The lowest BCUT2D eigenvalue weighted by Crippen LogP contribution is -2.07. The Morgan fingerprint density at radius 3 is 2.82 bits per heavy atom. The molecule has 2 aromatic rings. The number of hydrogen-bond donors (Lipinski definition) is 0. The SMILES string of the molecule is CCOC(=O)c1c(C(C)C)cn2ccccc12. The van der Waals surface area contributed by atoms with Gasteiger partial charge < -0.3 is 9.14 Å². The predicted octanol–water partition coefficient (Wildman–Crippen LogP) is 3.24. The molecule has 3 heteroatoms. The van der Waals surface area contributed by atoms with E-state index in [4.69, 9.17) is 4.74 Å². The molecule has 0 saturated carbocycles. The van der Waals surface area contributed by atoms with E-state index in [0.717, 1.165) is 11.1 Å². The standard InChI is InChI=1S/C14H17NO2/c1-4-17-14(16)13-11(10(2)3)9-15-8-6-5-7-12(13)15/h5-10H,4H2,1-3H3. The Kier molecular flexibility index (Phi) is 3.18. The third-order valence-electron chi connectivity index (χ3n) is 2.81. The van der Waals surface area contributed by atoms with Crippen LogP contribution < -0.4 is 0 Å². The number of carbonyl (C=O) groups excluding carboxylic acids is 1. The Labute approximate surface area is 101 Å². The summed E-state index contributed by atoms with van der Waals surface area (Å²) in [6.45, 7) is 6.39. The summed E-state index contributed by atoms with van der Waals surface area (Å²) in [6, 6.07) is 5.83. The van der Waals surface area contributed by atoms with Gasteiger partial charge in [-0.05, 0) is 30.5 Å². The van der Waals surface area contributed by atoms with E-state index in [2.05, 4.69) is 13.8 Å². The fourth-order valence-electron chi connectivity index (χ4n) is 2.01. The molecule has 0 radical (unpaired) electrons. The second kappa shape index (κ2) is 4.62. The van der Waals surface area contributed by atoms with E-state index in [9.17, 15) is 4.79 Å². The minimum atomic E-state index is -0.232. The molecular weight excluding hydrogens is 214 g/mol. The topological polar surface area (TPSA) is 30.7 Å². The first-order valence-electron chi connectivity index (χ1n) is 5.91. The van der Waals surface area contributed by atoms with Gasteiger partial charge in [-0.2, -0.15) is 0 Å². The zero-order chi connectivity index (χ0) is 12.4. The van der Waals surface area contributed by atoms with Gasteiger partial charge in [0.1, 0.15) is 0 Å². The molecule has 3 nitrogen and oxygen atoms in total. The Morgan fingerprint density at radius 2 is 2.18 bits per heavy atom. The number of ether oxygens (including phenoxy) is 1. The van der Waals surface area contributed by atoms with Crippen molar-refractivity contribution in [2.75, 3.05) is 6.61 Å². The van der Waals surface area contributed by atoms with Gasteiger partial charge in [0.05, 0.1) is 17.7 Å². The van der Waals surface area contributed by atoms with Crippen LogP contribution in [-0.4, -0.2) is 17.0 Å². The molecule has 0 aliphatic heterocycles. The quantitative estimate of drug-likeness (QED) is 0.759. The van der Waals surface area contributed by atoms with Crippen molar-refractivity contribution in [2.45, 2.75) is 26.7 Å². The van der Waals surface area contributed by atoms with Crippen molar-refractivity contribution in [1.29, 1.82) is 0 Å². The van der Waals surface area contributed by atoms with Crippen molar-refractivity contribution in [3.63, 3.8) is 0 Å². The van der Waals surface area contributed by atoms with Crippen molar-refractivity contribution < 1.29 is 9.53 Å². The van der Waals surface area contributed by atoms with Crippen molar-refractivity contribution in [3.05, 3.63) is 41.7 Å². The Hall–Kier alpha value is -1.77. The first kappa shape index (κ1) is 11.7. The van der Waals surface area contributed by atoms with Gasteiger partial charge in [-0.25, -0.2) is 4.79 Å². The van der Waals surface area contributed by atoms with Crippen LogP contribution in [0.4, 0.5) is 0 Å². The van der Waals surface area contributed by atoms with Crippen LogP contribution >= 0.6 is 0 Å². The molecule has 17 heavy (non-hydrogen) atoms. The Balaban J connectivity index is 2.63. The van der Waals surface area contributed by atoms with Crippen molar-refractivity contribution in [1.82, 2.24) is 4.40 Å². The van der Waals surface area contributed by atoms with E-state index in [-0.39, 0.29) is 5.97 Å². The number of esters is 1. The van der Waals surface area contributed by atoms with E-state index in [1.165, 1.54) is 0 Å². The molecule has 0 aliphatic rings. The number of rotatable bonds is 3. The van der Waals surface area contributed by atoms with Crippen LogP contribution in [0.5, 0.6) is 0 Å². The molecular formula is C14H17NO2. The van der Waals surface area contributed by atoms with Crippen LogP contribution in [0.1, 0.15) is 42.6 Å². The largest absolute Gasteiger partial charge is 0.462 e. The summed E-state index contributed by atoms with van der Waals surface area (Å²) < 4.78 is 7.11. The molecule has 0 aliphatic carbocycles. The Bertz CT molecular complexity index is 540. The summed E-state index contributed by atoms with van der Waals surface area (Å²) in [6.07, 6.45) is 3.95. The highest BCUT2D eigenvalue weighted by atomic mass is 16.5. The zero-order valence-corrected chi connectivity index (χ0v) is 10.4. The highest BCUT2D eigenvalue weighted by Crippen LogP contribution is 2.26. The predicted molar refractivity (Wildman–Crippen MR) is 67.4 cm³/mol. The maximum atomic E-state index is 12.0.